The molecular weight excluding hydrogens is 469 g/mol. The highest BCUT2D eigenvalue weighted by atomic mass is 127. The van der Waals surface area contributed by atoms with E-state index in [0.717, 1.165) is 0 Å². The minimum Gasteiger partial charge on any atom is -0.457 e. The number of alkyl halides is 1. The lowest BCUT2D eigenvalue weighted by Gasteiger charge is -2.28. The number of amides is 1. The number of ether oxygens (including phenoxy) is 1. The molecule has 0 aromatic heterocycles. The predicted octanol–water partition coefficient (Wildman–Crippen LogP) is 3.59. The van der Waals surface area contributed by atoms with Gasteiger partial charge in [0.15, 0.2) is 9.84 Å². The molecule has 0 aliphatic heterocycles. The fourth-order valence-electron chi connectivity index (χ4n) is 2.40. The number of halogens is 1. The summed E-state index contributed by atoms with van der Waals surface area (Å²) in [6.07, 6.45) is 0. The quantitative estimate of drug-likeness (QED) is 0.269. The standard InChI is InChI=1S/C18H20INO5S/c1-18(2,16(19)17(21)20-22)12-26(23,24)15-10-8-14(9-11-15)25-13-6-4-3-5-7-13/h3-11,16,22H,12H2,1-2H3,(H,20,21)/t16-/m0/s1. The van der Waals surface area contributed by atoms with Crippen LogP contribution >= 0.6 is 22.6 Å². The van der Waals surface area contributed by atoms with Crippen LogP contribution in [0.15, 0.2) is 59.5 Å². The molecule has 0 fully saturated rings. The first-order valence-electron chi connectivity index (χ1n) is 7.79. The molecule has 0 heterocycles. The topological polar surface area (TPSA) is 92.7 Å². The van der Waals surface area contributed by atoms with Crippen LogP contribution in [0.2, 0.25) is 0 Å². The Kier molecular flexibility index (Phi) is 6.64. The third-order valence-electron chi connectivity index (χ3n) is 3.75. The van der Waals surface area contributed by atoms with Gasteiger partial charge in [-0.25, -0.2) is 13.9 Å². The van der Waals surface area contributed by atoms with Crippen LogP contribution in [0.3, 0.4) is 0 Å². The van der Waals surface area contributed by atoms with Crippen molar-refractivity contribution in [2.24, 2.45) is 5.41 Å². The molecule has 0 saturated heterocycles. The molecule has 0 aliphatic rings. The van der Waals surface area contributed by atoms with Gasteiger partial charge in [-0.05, 0) is 41.8 Å². The first kappa shape index (κ1) is 20.7. The Morgan fingerprint density at radius 1 is 1.12 bits per heavy atom. The number of hydrogen-bond acceptors (Lipinski definition) is 5. The molecule has 2 N–H and O–H groups in total. The van der Waals surface area contributed by atoms with E-state index >= 15 is 0 Å². The monoisotopic (exact) mass is 489 g/mol. The molecule has 0 unspecified atom stereocenters. The van der Waals surface area contributed by atoms with Gasteiger partial charge < -0.3 is 4.74 Å². The van der Waals surface area contributed by atoms with E-state index in [0.29, 0.717) is 11.5 Å². The average molecular weight is 489 g/mol. The van der Waals surface area contributed by atoms with Gasteiger partial charge in [-0.15, -0.1) is 0 Å². The Bertz CT molecular complexity index is 851. The Balaban J connectivity index is 2.15. The number of rotatable bonds is 7. The Hall–Kier alpha value is -1.65. The Morgan fingerprint density at radius 2 is 1.65 bits per heavy atom. The van der Waals surface area contributed by atoms with Gasteiger partial charge in [0.25, 0.3) is 5.91 Å². The zero-order chi connectivity index (χ0) is 19.4. The number of sulfone groups is 1. The molecule has 140 valence electrons. The normalized spacial score (nSPS) is 13.1. The van der Waals surface area contributed by atoms with Crippen LogP contribution in [0.1, 0.15) is 13.8 Å². The molecule has 2 rings (SSSR count). The summed E-state index contributed by atoms with van der Waals surface area (Å²) in [5, 5.41) is 8.77. The molecule has 0 saturated carbocycles. The molecule has 0 spiro atoms. The molecule has 2 aromatic carbocycles. The number of carbonyl (C=O) groups excluding carboxylic acids is 1. The summed E-state index contributed by atoms with van der Waals surface area (Å²) < 4.78 is 30.3. The fraction of sp³-hybridized carbons (Fsp3) is 0.278. The minimum absolute atomic E-state index is 0.152. The van der Waals surface area contributed by atoms with Crippen molar-refractivity contribution >= 4 is 38.3 Å². The van der Waals surface area contributed by atoms with Crippen LogP contribution in [0.4, 0.5) is 0 Å². The van der Waals surface area contributed by atoms with E-state index in [1.165, 1.54) is 12.1 Å². The van der Waals surface area contributed by atoms with Crippen molar-refractivity contribution in [3.63, 3.8) is 0 Å². The molecule has 6 nitrogen and oxygen atoms in total. The molecule has 8 heteroatoms. The highest BCUT2D eigenvalue weighted by molar-refractivity contribution is 14.1. The third kappa shape index (κ3) is 5.18. The van der Waals surface area contributed by atoms with Crippen LogP contribution < -0.4 is 10.2 Å². The maximum atomic E-state index is 12.7. The lowest BCUT2D eigenvalue weighted by molar-refractivity contribution is -0.129. The number of hydroxylamine groups is 1. The van der Waals surface area contributed by atoms with Crippen molar-refractivity contribution in [3.05, 3.63) is 54.6 Å². The van der Waals surface area contributed by atoms with Crippen LogP contribution in [0.25, 0.3) is 0 Å². The van der Waals surface area contributed by atoms with Crippen LogP contribution in [0, 0.1) is 5.41 Å². The number of benzene rings is 2. The SMILES string of the molecule is CC(C)(CS(=O)(=O)c1ccc(Oc2ccccc2)cc1)[C@@H](I)C(=O)NO. The molecule has 1 amide bonds. The van der Waals surface area contributed by atoms with E-state index in [9.17, 15) is 13.2 Å². The summed E-state index contributed by atoms with van der Waals surface area (Å²) in [7, 11) is -3.62. The number of nitrogens with one attached hydrogen (secondary N) is 1. The van der Waals surface area contributed by atoms with Gasteiger partial charge in [0.2, 0.25) is 0 Å². The summed E-state index contributed by atoms with van der Waals surface area (Å²) >= 11 is 1.83. The van der Waals surface area contributed by atoms with Gasteiger partial charge in [0.1, 0.15) is 11.5 Å². The fourth-order valence-corrected chi connectivity index (χ4v) is 4.92. The highest BCUT2D eigenvalue weighted by Crippen LogP contribution is 2.32. The van der Waals surface area contributed by atoms with Crippen LogP contribution in [0.5, 0.6) is 11.5 Å². The summed E-state index contributed by atoms with van der Waals surface area (Å²) in [4.78, 5) is 11.8. The van der Waals surface area contributed by atoms with Gasteiger partial charge in [0.05, 0.1) is 14.6 Å². The van der Waals surface area contributed by atoms with Crippen molar-refractivity contribution in [1.29, 1.82) is 0 Å². The second-order valence-electron chi connectivity index (χ2n) is 6.47. The largest absolute Gasteiger partial charge is 0.457 e. The van der Waals surface area contributed by atoms with Gasteiger partial charge in [-0.3, -0.25) is 10.0 Å². The van der Waals surface area contributed by atoms with E-state index in [1.54, 1.807) is 43.6 Å². The van der Waals surface area contributed by atoms with E-state index < -0.39 is 25.1 Å². The van der Waals surface area contributed by atoms with Crippen molar-refractivity contribution < 1.29 is 23.2 Å². The lowest BCUT2D eigenvalue weighted by Crippen LogP contribution is -2.42. The van der Waals surface area contributed by atoms with Gasteiger partial charge in [0, 0.05) is 0 Å². The second-order valence-corrected chi connectivity index (χ2v) is 9.71. The zero-order valence-corrected chi connectivity index (χ0v) is 17.3. The van der Waals surface area contributed by atoms with Crippen molar-refractivity contribution in [1.82, 2.24) is 5.48 Å². The maximum absolute atomic E-state index is 12.7. The van der Waals surface area contributed by atoms with Gasteiger partial charge in [-0.1, -0.05) is 54.6 Å². The highest BCUT2D eigenvalue weighted by Gasteiger charge is 2.37. The molecule has 0 bridgehead atoms. The number of hydrogen-bond donors (Lipinski definition) is 2. The number of carbonyl (C=O) groups is 1. The Morgan fingerprint density at radius 3 is 2.19 bits per heavy atom. The van der Waals surface area contributed by atoms with Gasteiger partial charge in [-0.2, -0.15) is 0 Å². The molecule has 0 radical (unpaired) electrons. The molecule has 2 aromatic rings. The van der Waals surface area contributed by atoms with Crippen LogP contribution in [-0.2, 0) is 14.6 Å². The zero-order valence-electron chi connectivity index (χ0n) is 14.3. The maximum Gasteiger partial charge on any atom is 0.256 e. The average Bonchev–Trinajstić information content (AvgIpc) is 2.61. The van der Waals surface area contributed by atoms with E-state index in [2.05, 4.69) is 0 Å². The predicted molar refractivity (Wildman–Crippen MR) is 107 cm³/mol. The van der Waals surface area contributed by atoms with E-state index in [-0.39, 0.29) is 10.6 Å². The second kappa shape index (κ2) is 8.36. The number of para-hydroxylation sites is 1. The first-order valence-corrected chi connectivity index (χ1v) is 10.7. The van der Waals surface area contributed by atoms with Crippen molar-refractivity contribution in [2.75, 3.05) is 5.75 Å². The first-order chi connectivity index (χ1) is 12.2. The smallest absolute Gasteiger partial charge is 0.256 e. The van der Waals surface area contributed by atoms with E-state index in [1.807, 2.05) is 40.8 Å². The van der Waals surface area contributed by atoms with E-state index in [4.69, 9.17) is 9.94 Å². The Labute approximate surface area is 166 Å². The third-order valence-corrected chi connectivity index (χ3v) is 8.12. The summed E-state index contributed by atoms with van der Waals surface area (Å²) in [6, 6.07) is 15.3. The van der Waals surface area contributed by atoms with Crippen LogP contribution in [-0.4, -0.2) is 29.2 Å². The lowest BCUT2D eigenvalue weighted by atomic mass is 9.91. The molecule has 0 aliphatic carbocycles. The van der Waals surface area contributed by atoms with Crippen molar-refractivity contribution in [3.8, 4) is 11.5 Å². The molecule has 26 heavy (non-hydrogen) atoms. The van der Waals surface area contributed by atoms with Crippen molar-refractivity contribution in [2.45, 2.75) is 22.7 Å². The van der Waals surface area contributed by atoms with Gasteiger partial charge >= 0.3 is 0 Å². The minimum atomic E-state index is -3.62. The molecular formula is C18H20INO5S. The summed E-state index contributed by atoms with van der Waals surface area (Å²) in [5.41, 5.74) is 0.700. The summed E-state index contributed by atoms with van der Waals surface area (Å²) in [5.74, 6) is 0.324. The summed E-state index contributed by atoms with van der Waals surface area (Å²) in [6.45, 7) is 3.34. The molecule has 1 atom stereocenters.